The number of phenolic OH excluding ortho intramolecular Hbond substituents is 1. The number of hydrogen-bond acceptors (Lipinski definition) is 16. The molecule has 6 aromatic rings. The van der Waals surface area contributed by atoms with E-state index in [2.05, 4.69) is 25.9 Å². The van der Waals surface area contributed by atoms with Crippen molar-refractivity contribution >= 4 is 35.3 Å². The lowest BCUT2D eigenvalue weighted by atomic mass is 10.00. The van der Waals surface area contributed by atoms with Gasteiger partial charge in [-0.3, -0.25) is 29.1 Å². The number of methoxy groups -OCH3 is 3. The van der Waals surface area contributed by atoms with Gasteiger partial charge in [-0.1, -0.05) is 24.3 Å². The molecule has 20 heteroatoms. The number of piperidine rings is 2. The van der Waals surface area contributed by atoms with Crippen molar-refractivity contribution in [3.05, 3.63) is 178 Å². The number of likely N-dealkylation sites (N-methyl/N-ethyl adjacent to an activating group) is 1. The van der Waals surface area contributed by atoms with Gasteiger partial charge in [0.2, 0.25) is 0 Å². The number of ketones is 2. The molecule has 74 heavy (non-hydrogen) atoms. The first-order valence-corrected chi connectivity index (χ1v) is 23.2. The van der Waals surface area contributed by atoms with Gasteiger partial charge in [0.05, 0.1) is 44.5 Å². The number of esters is 2. The smallest absolute Gasteiger partial charge is 0.338 e. The molecular formula is C54H52F2N6O12. The molecule has 4 atom stereocenters. The third-order valence-corrected chi connectivity index (χ3v) is 12.2. The fourth-order valence-corrected chi connectivity index (χ4v) is 8.22. The quantitative estimate of drug-likeness (QED) is 0.0723. The maximum atomic E-state index is 14.9. The van der Waals surface area contributed by atoms with Crippen molar-refractivity contribution in [1.29, 1.82) is 0 Å². The van der Waals surface area contributed by atoms with Gasteiger partial charge in [-0.15, -0.1) is 0 Å². The minimum atomic E-state index is -0.975. The van der Waals surface area contributed by atoms with Crippen LogP contribution in [-0.2, 0) is 9.47 Å². The number of ether oxygens (including phenoxy) is 5. The summed E-state index contributed by atoms with van der Waals surface area (Å²) in [6.07, 6.45) is 6.04. The zero-order valence-corrected chi connectivity index (χ0v) is 40.6. The molecule has 4 aromatic carbocycles. The molecule has 0 saturated carbocycles. The number of amides is 2. The number of halogens is 2. The Balaban J connectivity index is 0.000000217. The van der Waals surface area contributed by atoms with Crippen molar-refractivity contribution in [2.75, 3.05) is 54.6 Å². The highest BCUT2D eigenvalue weighted by Crippen LogP contribution is 2.32. The van der Waals surface area contributed by atoms with Crippen LogP contribution < -0.4 is 30.2 Å². The van der Waals surface area contributed by atoms with E-state index in [9.17, 15) is 42.7 Å². The van der Waals surface area contributed by atoms with Gasteiger partial charge in [0.25, 0.3) is 11.8 Å². The van der Waals surface area contributed by atoms with Gasteiger partial charge in [-0.05, 0) is 99.2 Å². The standard InChI is InChI=1S/C28H28FN3O6.C26H24FN3O6/c1-32-15-12-21(20(16-32)31-27(34)18-10-13-30-14-11-18)38-28(35)19-6-4-17(5-7-19)26(33)24-22(36-2)8-9-23(37-3)25(24)29;1-35-21-7-6-19(31)22(23(21)27)24(32)15-2-4-17(5-3-15)26(34)36-20-10-13-29-14-18(20)30-25(33)16-8-11-28-12-9-16/h4-11,13-14,20-21H,12,15-16H2,1-3H3,(H,31,34);2-9,11-12,18,20,29,31H,10,13-14H2,1H3,(H,30,33)/t20-,21-;18-,20-/m11/s1. The Hall–Kier alpha value is -8.62. The van der Waals surface area contributed by atoms with Gasteiger partial charge >= 0.3 is 11.9 Å². The molecule has 0 unspecified atom stereocenters. The first-order chi connectivity index (χ1) is 35.7. The van der Waals surface area contributed by atoms with E-state index in [1.54, 1.807) is 24.3 Å². The molecule has 2 aliphatic rings. The largest absolute Gasteiger partial charge is 0.507 e. The predicted molar refractivity (Wildman–Crippen MR) is 263 cm³/mol. The minimum absolute atomic E-state index is 0.0679. The number of carbonyl (C=O) groups excluding carboxylic acids is 6. The zero-order valence-electron chi connectivity index (χ0n) is 40.6. The van der Waals surface area contributed by atoms with E-state index in [1.807, 2.05) is 11.9 Å². The van der Waals surface area contributed by atoms with Gasteiger partial charge < -0.3 is 49.6 Å². The molecule has 0 spiro atoms. The summed E-state index contributed by atoms with van der Waals surface area (Å²) >= 11 is 0. The third kappa shape index (κ3) is 12.7. The van der Waals surface area contributed by atoms with E-state index >= 15 is 0 Å². The number of nitrogens with zero attached hydrogens (tertiary/aromatic N) is 3. The van der Waals surface area contributed by atoms with Crippen LogP contribution >= 0.6 is 0 Å². The summed E-state index contributed by atoms with van der Waals surface area (Å²) < 4.78 is 55.9. The zero-order chi connectivity index (χ0) is 52.9. The second kappa shape index (κ2) is 24.7. The molecule has 384 valence electrons. The Morgan fingerprint density at radius 2 is 1.00 bits per heavy atom. The van der Waals surface area contributed by atoms with E-state index in [-0.39, 0.29) is 56.9 Å². The van der Waals surface area contributed by atoms with Crippen molar-refractivity contribution in [3.8, 4) is 23.0 Å². The van der Waals surface area contributed by atoms with Crippen LogP contribution in [0.3, 0.4) is 0 Å². The molecule has 4 heterocycles. The first kappa shape index (κ1) is 53.2. The third-order valence-electron chi connectivity index (χ3n) is 12.2. The summed E-state index contributed by atoms with van der Waals surface area (Å²) in [5, 5.41) is 19.0. The Morgan fingerprint density at radius 1 is 0.568 bits per heavy atom. The number of nitrogens with one attached hydrogen (secondary N) is 3. The predicted octanol–water partition coefficient (Wildman–Crippen LogP) is 5.61. The van der Waals surface area contributed by atoms with Crippen molar-refractivity contribution in [3.63, 3.8) is 0 Å². The second-order valence-corrected chi connectivity index (χ2v) is 17.0. The van der Waals surface area contributed by atoms with Crippen LogP contribution in [0.5, 0.6) is 23.0 Å². The van der Waals surface area contributed by atoms with Crippen molar-refractivity contribution in [1.82, 2.24) is 30.8 Å². The van der Waals surface area contributed by atoms with E-state index in [0.29, 0.717) is 50.1 Å². The fraction of sp³-hybridized carbons (Fsp3) is 0.259. The van der Waals surface area contributed by atoms with E-state index in [0.717, 1.165) is 0 Å². The maximum absolute atomic E-state index is 14.9. The Morgan fingerprint density at radius 3 is 1.51 bits per heavy atom. The second-order valence-electron chi connectivity index (χ2n) is 17.0. The summed E-state index contributed by atoms with van der Waals surface area (Å²) in [6, 6.07) is 22.0. The van der Waals surface area contributed by atoms with Crippen LogP contribution in [0.4, 0.5) is 8.78 Å². The minimum Gasteiger partial charge on any atom is -0.507 e. The van der Waals surface area contributed by atoms with Crippen molar-refractivity contribution in [2.45, 2.75) is 37.1 Å². The molecule has 0 radical (unpaired) electrons. The van der Waals surface area contributed by atoms with E-state index in [1.165, 1.54) is 119 Å². The number of phenols is 1. The van der Waals surface area contributed by atoms with E-state index < -0.39 is 70.7 Å². The number of benzene rings is 4. The number of aromatic hydroxyl groups is 1. The molecule has 2 fully saturated rings. The number of rotatable bonds is 15. The normalized spacial score (nSPS) is 17.3. The Kier molecular flexibility index (Phi) is 17.7. The van der Waals surface area contributed by atoms with Crippen LogP contribution in [0.2, 0.25) is 0 Å². The van der Waals surface area contributed by atoms with Crippen molar-refractivity contribution in [2.24, 2.45) is 0 Å². The van der Waals surface area contributed by atoms with Gasteiger partial charge in [-0.25, -0.2) is 18.4 Å². The molecular weight excluding hydrogens is 963 g/mol. The Labute approximate surface area is 424 Å². The van der Waals surface area contributed by atoms with Gasteiger partial charge in [-0.2, -0.15) is 0 Å². The van der Waals surface area contributed by atoms with Gasteiger partial charge in [0, 0.05) is 66.7 Å². The molecule has 2 aromatic heterocycles. The van der Waals surface area contributed by atoms with Gasteiger partial charge in [0.1, 0.15) is 34.8 Å². The molecule has 2 amide bonds. The number of likely N-dealkylation sites (tertiary alicyclic amines) is 1. The SMILES string of the molecule is COc1ccc(O)c(C(=O)c2ccc(C(=O)O[C@@H]3CCNC[C@H]3NC(=O)c3ccncc3)cc2)c1F.COc1ccc(OC)c(C(=O)c2ccc(C(=O)O[C@@H]3CCN(C)C[C@H]3NC(=O)c3ccncc3)cc2)c1F. The van der Waals surface area contributed by atoms with E-state index in [4.69, 9.17) is 23.7 Å². The highest BCUT2D eigenvalue weighted by molar-refractivity contribution is 6.12. The summed E-state index contributed by atoms with van der Waals surface area (Å²) in [5.74, 6) is -5.70. The maximum Gasteiger partial charge on any atom is 0.338 e. The Bertz CT molecular complexity index is 2990. The number of pyridine rings is 2. The van der Waals surface area contributed by atoms with Crippen LogP contribution in [-0.4, -0.2) is 134 Å². The number of aromatic nitrogens is 2. The first-order valence-electron chi connectivity index (χ1n) is 23.2. The number of carbonyl (C=O) groups is 6. The monoisotopic (exact) mass is 1010 g/mol. The molecule has 18 nitrogen and oxygen atoms in total. The summed E-state index contributed by atoms with van der Waals surface area (Å²) in [7, 11) is 5.83. The molecule has 0 aliphatic carbocycles. The molecule has 2 aliphatic heterocycles. The van der Waals surface area contributed by atoms with Crippen LogP contribution in [0.1, 0.15) is 86.1 Å². The summed E-state index contributed by atoms with van der Waals surface area (Å²) in [4.78, 5) is 86.7. The fourth-order valence-electron chi connectivity index (χ4n) is 8.22. The lowest BCUT2D eigenvalue weighted by Gasteiger charge is -2.36. The van der Waals surface area contributed by atoms with Crippen LogP contribution in [0.25, 0.3) is 0 Å². The summed E-state index contributed by atoms with van der Waals surface area (Å²) in [6.45, 7) is 2.25. The van der Waals surface area contributed by atoms with Crippen molar-refractivity contribution < 1.29 is 66.3 Å². The highest BCUT2D eigenvalue weighted by atomic mass is 19.1. The molecule has 4 N–H and O–H groups in total. The highest BCUT2D eigenvalue weighted by Gasteiger charge is 2.34. The lowest BCUT2D eigenvalue weighted by molar-refractivity contribution is 0.000394. The average Bonchev–Trinajstić information content (AvgIpc) is 3.42. The lowest BCUT2D eigenvalue weighted by Crippen LogP contribution is -2.55. The van der Waals surface area contributed by atoms with Crippen LogP contribution in [0, 0.1) is 11.6 Å². The topological polar surface area (TPSA) is 234 Å². The van der Waals surface area contributed by atoms with Gasteiger partial charge in [0.15, 0.2) is 34.7 Å². The summed E-state index contributed by atoms with van der Waals surface area (Å²) in [5.41, 5.74) is 0.750. The van der Waals surface area contributed by atoms with Crippen LogP contribution in [0.15, 0.2) is 122 Å². The molecule has 0 bridgehead atoms. The molecule has 2 saturated heterocycles. The molecule has 8 rings (SSSR count). The average molecular weight is 1020 g/mol. The number of hydrogen-bond donors (Lipinski definition) is 4.